The molecule has 1 unspecified atom stereocenters. The molecule has 0 aromatic heterocycles. The zero-order valence-electron chi connectivity index (χ0n) is 11.8. The van der Waals surface area contributed by atoms with E-state index in [0.717, 1.165) is 0 Å². The van der Waals surface area contributed by atoms with Gasteiger partial charge in [0.2, 0.25) is 0 Å². The number of aliphatic hydroxyl groups is 6. The topological polar surface area (TPSA) is 183 Å². The monoisotopic (exact) mass is 338 g/mol. The molecule has 2 rings (SSSR count). The second-order valence-electron chi connectivity index (χ2n) is 5.24. The van der Waals surface area contributed by atoms with E-state index in [2.05, 4.69) is 4.74 Å². The number of hydrogen-bond donors (Lipinski definition) is 6. The van der Waals surface area contributed by atoms with Crippen molar-refractivity contribution in [1.82, 2.24) is 0 Å². The quantitative estimate of drug-likeness (QED) is 0.208. The molecule has 0 aromatic rings. The van der Waals surface area contributed by atoms with Crippen molar-refractivity contribution in [3.05, 3.63) is 0 Å². The van der Waals surface area contributed by atoms with Gasteiger partial charge in [-0.1, -0.05) is 0 Å². The minimum absolute atomic E-state index is 0.707. The van der Waals surface area contributed by atoms with Gasteiger partial charge in [-0.05, 0) is 0 Å². The molecule has 11 heteroatoms. The standard InChI is InChI=1S/C12H18O11/c13-1-3(15)9-10(8(19)11(20)22-9)23-12-7(18)6(17)5(16)4(2-14)21-12/h3-7,9-10,12-18H,1-2H2/t3-,4+,5-,6-,7-,9+,10?,12-/m0/s1. The maximum Gasteiger partial charge on any atom is 0.378 e. The number of esters is 1. The van der Waals surface area contributed by atoms with Crippen LogP contribution >= 0.6 is 0 Å². The minimum atomic E-state index is -1.79. The van der Waals surface area contributed by atoms with E-state index in [1.165, 1.54) is 0 Å². The van der Waals surface area contributed by atoms with Crippen LogP contribution in [0.15, 0.2) is 0 Å². The lowest BCUT2D eigenvalue weighted by molar-refractivity contribution is -0.312. The average Bonchev–Trinajstić information content (AvgIpc) is 2.82. The maximum atomic E-state index is 11.7. The van der Waals surface area contributed by atoms with Gasteiger partial charge in [0.05, 0.1) is 13.2 Å². The summed E-state index contributed by atoms with van der Waals surface area (Å²) in [6, 6.07) is 0. The molecule has 11 nitrogen and oxygen atoms in total. The Morgan fingerprint density at radius 2 is 1.74 bits per heavy atom. The normalized spacial score (nSPS) is 42.6. The molecule has 2 saturated heterocycles. The third kappa shape index (κ3) is 3.36. The molecule has 0 bridgehead atoms. The van der Waals surface area contributed by atoms with Crippen LogP contribution in [0.25, 0.3) is 0 Å². The van der Waals surface area contributed by atoms with E-state index in [4.69, 9.17) is 19.7 Å². The first-order chi connectivity index (χ1) is 10.8. The summed E-state index contributed by atoms with van der Waals surface area (Å²) in [6.45, 7) is -1.53. The van der Waals surface area contributed by atoms with Crippen LogP contribution in [-0.2, 0) is 23.8 Å². The number of Topliss-reactive ketones (excluding diaryl/α,β-unsaturated/α-hetero) is 1. The number of aliphatic hydroxyl groups excluding tert-OH is 6. The highest BCUT2D eigenvalue weighted by Crippen LogP contribution is 2.27. The van der Waals surface area contributed by atoms with Crippen molar-refractivity contribution in [3.63, 3.8) is 0 Å². The zero-order valence-corrected chi connectivity index (χ0v) is 11.8. The Morgan fingerprint density at radius 3 is 2.30 bits per heavy atom. The first-order valence-corrected chi connectivity index (χ1v) is 6.81. The van der Waals surface area contributed by atoms with Gasteiger partial charge in [-0.2, -0.15) is 0 Å². The van der Waals surface area contributed by atoms with Crippen LogP contribution in [0.3, 0.4) is 0 Å². The van der Waals surface area contributed by atoms with E-state index in [1.807, 2.05) is 0 Å². The summed E-state index contributed by atoms with van der Waals surface area (Å²) in [5.41, 5.74) is 0. The summed E-state index contributed by atoms with van der Waals surface area (Å²) in [7, 11) is 0. The van der Waals surface area contributed by atoms with Crippen LogP contribution in [0.2, 0.25) is 0 Å². The Labute approximate surface area is 129 Å². The third-order valence-corrected chi connectivity index (χ3v) is 3.70. The Hall–Kier alpha value is -1.18. The summed E-state index contributed by atoms with van der Waals surface area (Å²) in [5.74, 6) is -2.46. The molecule has 6 N–H and O–H groups in total. The molecule has 2 fully saturated rings. The lowest BCUT2D eigenvalue weighted by Crippen LogP contribution is -2.60. The van der Waals surface area contributed by atoms with Crippen molar-refractivity contribution in [1.29, 1.82) is 0 Å². The Morgan fingerprint density at radius 1 is 1.09 bits per heavy atom. The molecule has 0 saturated carbocycles. The van der Waals surface area contributed by atoms with Crippen LogP contribution in [0.4, 0.5) is 0 Å². The molecule has 0 aromatic carbocycles. The SMILES string of the molecule is O=C1O[C@H]([C@@H](O)CO)C(O[C@@H]2O[C@H](CO)[C@H](O)[C@H](O)[C@@H]2O)C1=O. The molecular formula is C12H18O11. The number of hydrogen-bond acceptors (Lipinski definition) is 11. The van der Waals surface area contributed by atoms with Crippen molar-refractivity contribution < 1.29 is 54.4 Å². The summed E-state index contributed by atoms with van der Waals surface area (Å²) in [4.78, 5) is 23.0. The van der Waals surface area contributed by atoms with Gasteiger partial charge in [-0.25, -0.2) is 4.79 Å². The molecule has 8 atom stereocenters. The van der Waals surface area contributed by atoms with E-state index in [0.29, 0.717) is 0 Å². The van der Waals surface area contributed by atoms with Crippen molar-refractivity contribution in [2.45, 2.75) is 49.0 Å². The van der Waals surface area contributed by atoms with Gasteiger partial charge in [0.25, 0.3) is 5.78 Å². The Balaban J connectivity index is 2.15. The molecule has 0 aliphatic carbocycles. The van der Waals surface area contributed by atoms with E-state index < -0.39 is 74.0 Å². The zero-order chi connectivity index (χ0) is 17.3. The molecule has 132 valence electrons. The van der Waals surface area contributed by atoms with E-state index in [9.17, 15) is 30.0 Å². The predicted octanol–water partition coefficient (Wildman–Crippen LogP) is -4.98. The van der Waals surface area contributed by atoms with Crippen molar-refractivity contribution in [3.8, 4) is 0 Å². The lowest BCUT2D eigenvalue weighted by atomic mass is 9.99. The number of ketones is 1. The first kappa shape index (κ1) is 18.2. The second kappa shape index (κ2) is 7.15. The van der Waals surface area contributed by atoms with Gasteiger partial charge in [0.1, 0.15) is 30.5 Å². The molecule has 23 heavy (non-hydrogen) atoms. The van der Waals surface area contributed by atoms with Gasteiger partial charge < -0.3 is 44.8 Å². The predicted molar refractivity (Wildman–Crippen MR) is 66.6 cm³/mol. The summed E-state index contributed by atoms with van der Waals surface area (Å²) in [5, 5.41) is 56.6. The minimum Gasteiger partial charge on any atom is -0.450 e. The fraction of sp³-hybridized carbons (Fsp3) is 0.833. The average molecular weight is 338 g/mol. The van der Waals surface area contributed by atoms with Crippen LogP contribution in [0, 0.1) is 0 Å². The molecule has 2 aliphatic heterocycles. The second-order valence-corrected chi connectivity index (χ2v) is 5.24. The van der Waals surface area contributed by atoms with Crippen molar-refractivity contribution in [2.75, 3.05) is 13.2 Å². The number of carbonyl (C=O) groups excluding carboxylic acids is 2. The summed E-state index contributed by atoms with van der Waals surface area (Å²) < 4.78 is 14.7. The van der Waals surface area contributed by atoms with Crippen molar-refractivity contribution in [2.24, 2.45) is 0 Å². The first-order valence-electron chi connectivity index (χ1n) is 6.81. The van der Waals surface area contributed by atoms with Gasteiger partial charge in [0, 0.05) is 0 Å². The molecule has 0 radical (unpaired) electrons. The van der Waals surface area contributed by atoms with Gasteiger partial charge in [-0.15, -0.1) is 0 Å². The maximum absolute atomic E-state index is 11.7. The molecule has 0 amide bonds. The molecular weight excluding hydrogens is 320 g/mol. The highest BCUT2D eigenvalue weighted by Gasteiger charge is 2.52. The number of rotatable bonds is 5. The van der Waals surface area contributed by atoms with Gasteiger partial charge in [0.15, 0.2) is 18.5 Å². The van der Waals surface area contributed by atoms with E-state index in [-0.39, 0.29) is 0 Å². The summed E-state index contributed by atoms with van der Waals surface area (Å²) in [6.07, 6.45) is -12.9. The smallest absolute Gasteiger partial charge is 0.378 e. The van der Waals surface area contributed by atoms with Gasteiger partial charge >= 0.3 is 5.97 Å². The van der Waals surface area contributed by atoms with E-state index in [1.54, 1.807) is 0 Å². The highest BCUT2D eigenvalue weighted by molar-refractivity contribution is 6.37. The van der Waals surface area contributed by atoms with Crippen molar-refractivity contribution >= 4 is 11.8 Å². The summed E-state index contributed by atoms with van der Waals surface area (Å²) >= 11 is 0. The van der Waals surface area contributed by atoms with Crippen LogP contribution < -0.4 is 0 Å². The Kier molecular flexibility index (Phi) is 5.65. The number of cyclic esters (lactones) is 1. The van der Waals surface area contributed by atoms with Crippen LogP contribution in [0.5, 0.6) is 0 Å². The fourth-order valence-electron chi connectivity index (χ4n) is 2.36. The Bertz CT molecular complexity index is 452. The lowest BCUT2D eigenvalue weighted by Gasteiger charge is -2.40. The number of ether oxygens (including phenoxy) is 3. The molecule has 2 heterocycles. The van der Waals surface area contributed by atoms with Crippen LogP contribution in [-0.4, -0.2) is 105 Å². The van der Waals surface area contributed by atoms with Crippen LogP contribution in [0.1, 0.15) is 0 Å². The third-order valence-electron chi connectivity index (χ3n) is 3.70. The molecule has 0 spiro atoms. The highest BCUT2D eigenvalue weighted by atomic mass is 16.7. The van der Waals surface area contributed by atoms with Gasteiger partial charge in [-0.3, -0.25) is 4.79 Å². The van der Waals surface area contributed by atoms with E-state index >= 15 is 0 Å². The number of carbonyl (C=O) groups is 2. The fourth-order valence-corrected chi connectivity index (χ4v) is 2.36. The molecule has 2 aliphatic rings. The largest absolute Gasteiger partial charge is 0.450 e.